The van der Waals surface area contributed by atoms with Crippen LogP contribution in [0.2, 0.25) is 5.02 Å². The van der Waals surface area contributed by atoms with Crippen LogP contribution in [0.4, 0.5) is 16.2 Å². The number of anilines is 2. The molecule has 0 spiro atoms. The lowest BCUT2D eigenvalue weighted by molar-refractivity contribution is 0.280. The van der Waals surface area contributed by atoms with E-state index >= 15 is 0 Å². The van der Waals surface area contributed by atoms with Gasteiger partial charge in [-0.05, 0) is 55.7 Å². The Hall–Kier alpha value is -1.92. The SMILES string of the molecule is NCC1CCC(CN(Cc2ccccc2Cl)c2ncc(F)c(N)n2)CC1. The number of aromatic nitrogens is 2. The smallest absolute Gasteiger partial charge is 0.227 e. The Morgan fingerprint density at radius 2 is 1.85 bits per heavy atom. The molecule has 0 unspecified atom stereocenters. The monoisotopic (exact) mass is 377 g/mol. The molecular formula is C19H25ClFN5. The third-order valence-electron chi connectivity index (χ3n) is 5.14. The van der Waals surface area contributed by atoms with Crippen molar-refractivity contribution in [2.75, 3.05) is 23.7 Å². The third kappa shape index (κ3) is 4.62. The van der Waals surface area contributed by atoms with Gasteiger partial charge in [0.05, 0.1) is 6.20 Å². The Balaban J connectivity index is 1.79. The molecule has 1 aromatic carbocycles. The minimum Gasteiger partial charge on any atom is -0.381 e. The van der Waals surface area contributed by atoms with Gasteiger partial charge in [0.25, 0.3) is 0 Å². The maximum atomic E-state index is 13.5. The van der Waals surface area contributed by atoms with Gasteiger partial charge in [0, 0.05) is 18.1 Å². The maximum absolute atomic E-state index is 13.5. The summed E-state index contributed by atoms with van der Waals surface area (Å²) in [6, 6.07) is 7.69. The molecule has 1 aromatic heterocycles. The standard InChI is InChI=1S/C19H25ClFN5/c20-16-4-2-1-3-15(16)12-26(19-24-10-17(21)18(23)25-19)11-14-7-5-13(9-22)6-8-14/h1-4,10,13-14H,5-9,11-12,22H2,(H2,23,24,25). The first kappa shape index (κ1) is 18.9. The van der Waals surface area contributed by atoms with Gasteiger partial charge in [0.2, 0.25) is 5.95 Å². The normalized spacial score (nSPS) is 20.1. The summed E-state index contributed by atoms with van der Waals surface area (Å²) in [6.07, 6.45) is 5.67. The van der Waals surface area contributed by atoms with Crippen molar-refractivity contribution in [3.8, 4) is 0 Å². The topological polar surface area (TPSA) is 81.1 Å². The molecule has 0 radical (unpaired) electrons. The van der Waals surface area contributed by atoms with Crippen LogP contribution in [-0.2, 0) is 6.54 Å². The number of hydrogen-bond acceptors (Lipinski definition) is 5. The number of nitrogens with zero attached hydrogens (tertiary/aromatic N) is 3. The van der Waals surface area contributed by atoms with Gasteiger partial charge in [-0.15, -0.1) is 0 Å². The average Bonchev–Trinajstić information content (AvgIpc) is 2.66. The van der Waals surface area contributed by atoms with E-state index in [9.17, 15) is 4.39 Å². The Kier molecular flexibility index (Phi) is 6.27. The van der Waals surface area contributed by atoms with E-state index < -0.39 is 5.82 Å². The van der Waals surface area contributed by atoms with Gasteiger partial charge in [0.1, 0.15) is 0 Å². The molecule has 0 aliphatic heterocycles. The molecule has 1 heterocycles. The van der Waals surface area contributed by atoms with Gasteiger partial charge in [-0.3, -0.25) is 0 Å². The van der Waals surface area contributed by atoms with Gasteiger partial charge in [-0.2, -0.15) is 4.98 Å². The summed E-state index contributed by atoms with van der Waals surface area (Å²) in [7, 11) is 0. The minimum absolute atomic E-state index is 0.133. The van der Waals surface area contributed by atoms with Crippen LogP contribution >= 0.6 is 11.6 Å². The van der Waals surface area contributed by atoms with Crippen LogP contribution in [0.1, 0.15) is 31.2 Å². The summed E-state index contributed by atoms with van der Waals surface area (Å²) in [5, 5.41) is 0.694. The van der Waals surface area contributed by atoms with Crippen LogP contribution in [-0.4, -0.2) is 23.1 Å². The molecule has 26 heavy (non-hydrogen) atoms. The quantitative estimate of drug-likeness (QED) is 0.803. The molecule has 1 saturated carbocycles. The van der Waals surface area contributed by atoms with E-state index in [2.05, 4.69) is 9.97 Å². The van der Waals surface area contributed by atoms with Crippen molar-refractivity contribution >= 4 is 23.4 Å². The van der Waals surface area contributed by atoms with E-state index in [0.29, 0.717) is 29.4 Å². The molecule has 7 heteroatoms. The molecule has 2 aromatic rings. The molecule has 0 saturated heterocycles. The van der Waals surface area contributed by atoms with E-state index in [1.165, 1.54) is 0 Å². The molecule has 1 fully saturated rings. The Morgan fingerprint density at radius 1 is 1.15 bits per heavy atom. The second-order valence-corrected chi connectivity index (χ2v) is 7.40. The minimum atomic E-state index is -0.602. The zero-order chi connectivity index (χ0) is 18.5. The van der Waals surface area contributed by atoms with Crippen LogP contribution in [0.5, 0.6) is 0 Å². The van der Waals surface area contributed by atoms with Crippen molar-refractivity contribution in [1.29, 1.82) is 0 Å². The Bertz CT molecular complexity index is 734. The fourth-order valence-corrected chi connectivity index (χ4v) is 3.73. The van der Waals surface area contributed by atoms with Crippen LogP contribution in [0.25, 0.3) is 0 Å². The Labute approximate surface area is 158 Å². The van der Waals surface area contributed by atoms with E-state index in [0.717, 1.165) is 50.5 Å². The average molecular weight is 378 g/mol. The first-order valence-corrected chi connectivity index (χ1v) is 9.41. The van der Waals surface area contributed by atoms with Gasteiger partial charge < -0.3 is 16.4 Å². The number of halogens is 2. The highest BCUT2D eigenvalue weighted by molar-refractivity contribution is 6.31. The first-order valence-electron chi connectivity index (χ1n) is 9.03. The van der Waals surface area contributed by atoms with Crippen molar-refractivity contribution in [3.63, 3.8) is 0 Å². The highest BCUT2D eigenvalue weighted by atomic mass is 35.5. The lowest BCUT2D eigenvalue weighted by Gasteiger charge is -2.32. The fraction of sp³-hybridized carbons (Fsp3) is 0.474. The van der Waals surface area contributed by atoms with Gasteiger partial charge in [-0.1, -0.05) is 29.8 Å². The molecular weight excluding hydrogens is 353 g/mol. The van der Waals surface area contributed by atoms with Crippen molar-refractivity contribution < 1.29 is 4.39 Å². The van der Waals surface area contributed by atoms with E-state index in [-0.39, 0.29) is 5.82 Å². The molecule has 3 rings (SSSR count). The summed E-state index contributed by atoms with van der Waals surface area (Å²) in [5.74, 6) is 0.849. The Morgan fingerprint density at radius 3 is 2.50 bits per heavy atom. The highest BCUT2D eigenvalue weighted by Crippen LogP contribution is 2.30. The number of nitrogen functional groups attached to an aromatic ring is 1. The summed E-state index contributed by atoms with van der Waals surface area (Å²) in [6.45, 7) is 2.10. The van der Waals surface area contributed by atoms with E-state index in [4.69, 9.17) is 23.1 Å². The number of benzene rings is 1. The first-order chi connectivity index (χ1) is 12.6. The van der Waals surface area contributed by atoms with Crippen LogP contribution in [0.15, 0.2) is 30.5 Å². The second-order valence-electron chi connectivity index (χ2n) is 7.00. The van der Waals surface area contributed by atoms with Crippen molar-refractivity contribution in [2.45, 2.75) is 32.2 Å². The molecule has 0 atom stereocenters. The third-order valence-corrected chi connectivity index (χ3v) is 5.51. The van der Waals surface area contributed by atoms with E-state index in [1.807, 2.05) is 29.2 Å². The molecule has 4 N–H and O–H groups in total. The summed E-state index contributed by atoms with van der Waals surface area (Å²) in [5.41, 5.74) is 12.4. The largest absolute Gasteiger partial charge is 0.381 e. The maximum Gasteiger partial charge on any atom is 0.227 e. The lowest BCUT2D eigenvalue weighted by atomic mass is 9.82. The molecule has 140 valence electrons. The fourth-order valence-electron chi connectivity index (χ4n) is 3.53. The number of nitrogens with two attached hydrogens (primary N) is 2. The van der Waals surface area contributed by atoms with Gasteiger partial charge >= 0.3 is 0 Å². The van der Waals surface area contributed by atoms with Gasteiger partial charge in [-0.25, -0.2) is 9.37 Å². The number of rotatable bonds is 6. The second kappa shape index (κ2) is 8.64. The summed E-state index contributed by atoms with van der Waals surface area (Å²) >= 11 is 6.33. The van der Waals surface area contributed by atoms with Crippen molar-refractivity contribution in [2.24, 2.45) is 17.6 Å². The number of hydrogen-bond donors (Lipinski definition) is 2. The molecule has 0 amide bonds. The summed E-state index contributed by atoms with van der Waals surface area (Å²) < 4.78 is 13.5. The van der Waals surface area contributed by atoms with Crippen molar-refractivity contribution in [3.05, 3.63) is 46.9 Å². The summed E-state index contributed by atoms with van der Waals surface area (Å²) in [4.78, 5) is 10.4. The molecule has 5 nitrogen and oxygen atoms in total. The highest BCUT2D eigenvalue weighted by Gasteiger charge is 2.24. The van der Waals surface area contributed by atoms with Crippen LogP contribution < -0.4 is 16.4 Å². The molecule has 0 bridgehead atoms. The van der Waals surface area contributed by atoms with Gasteiger partial charge in [0.15, 0.2) is 11.6 Å². The predicted octanol–water partition coefficient (Wildman–Crippen LogP) is 3.62. The van der Waals surface area contributed by atoms with E-state index in [1.54, 1.807) is 0 Å². The molecule has 1 aliphatic rings. The van der Waals surface area contributed by atoms with Crippen LogP contribution in [0.3, 0.4) is 0 Å². The van der Waals surface area contributed by atoms with Crippen LogP contribution in [0, 0.1) is 17.7 Å². The van der Waals surface area contributed by atoms with Crippen molar-refractivity contribution in [1.82, 2.24) is 9.97 Å². The molecule has 1 aliphatic carbocycles. The predicted molar refractivity (Wildman–Crippen MR) is 103 cm³/mol. The zero-order valence-electron chi connectivity index (χ0n) is 14.7. The zero-order valence-corrected chi connectivity index (χ0v) is 15.5. The lowest BCUT2D eigenvalue weighted by Crippen LogP contribution is -2.33.